The number of hydrogen-bond acceptors (Lipinski definition) is 5. The predicted molar refractivity (Wildman–Crippen MR) is 126 cm³/mol. The molecule has 2 fully saturated rings. The van der Waals surface area contributed by atoms with Crippen molar-refractivity contribution in [1.29, 1.82) is 0 Å². The fraction of sp³-hybridized carbons (Fsp3) is 0.600. The normalized spacial score (nSPS) is 28.9. The molecule has 5 nitrogen and oxygen atoms in total. The number of likely N-dealkylation sites (N-methyl/N-ethyl adjacent to an activating group) is 1. The molecule has 3 aliphatic rings. The molecule has 3 heterocycles. The summed E-state index contributed by atoms with van der Waals surface area (Å²) in [5.41, 5.74) is 2.78. The molecule has 0 radical (unpaired) electrons. The van der Waals surface area contributed by atoms with Crippen molar-refractivity contribution in [1.82, 2.24) is 14.8 Å². The van der Waals surface area contributed by atoms with E-state index in [4.69, 9.17) is 9.72 Å². The standard InChI is InChI=1S/C25H33N3O2S/c1-16-6-8-20(28(14-16)23(29)30-24(2,3)4)17-7-9-21-19(12-17)26-22(31-21)25-11-10-18(13-25)27(5)15-25/h7-9,12,16,18H,6,10-11,13-15H2,1-5H3. The lowest BCUT2D eigenvalue weighted by Crippen LogP contribution is -2.39. The lowest BCUT2D eigenvalue weighted by molar-refractivity contribution is 0.0327. The van der Waals surface area contributed by atoms with Crippen molar-refractivity contribution in [3.63, 3.8) is 0 Å². The van der Waals surface area contributed by atoms with Crippen LogP contribution in [0.2, 0.25) is 0 Å². The van der Waals surface area contributed by atoms with Crippen LogP contribution in [0, 0.1) is 5.92 Å². The van der Waals surface area contributed by atoms with E-state index in [-0.39, 0.29) is 11.5 Å². The number of aromatic nitrogens is 1. The van der Waals surface area contributed by atoms with Crippen molar-refractivity contribution in [3.05, 3.63) is 34.8 Å². The first-order valence-corrected chi connectivity index (χ1v) is 12.3. The molecule has 1 saturated heterocycles. The number of benzene rings is 1. The van der Waals surface area contributed by atoms with Gasteiger partial charge >= 0.3 is 6.09 Å². The fourth-order valence-corrected chi connectivity index (χ4v) is 6.64. The lowest BCUT2D eigenvalue weighted by atomic mass is 9.88. The number of carbonyl (C=O) groups is 1. The highest BCUT2D eigenvalue weighted by atomic mass is 32.1. The van der Waals surface area contributed by atoms with E-state index < -0.39 is 5.60 Å². The first-order valence-electron chi connectivity index (χ1n) is 11.5. The Morgan fingerprint density at radius 1 is 1.32 bits per heavy atom. The van der Waals surface area contributed by atoms with Crippen LogP contribution in [-0.2, 0) is 10.2 Å². The van der Waals surface area contributed by atoms with Crippen molar-refractivity contribution in [2.75, 3.05) is 20.1 Å². The number of thiazole rings is 1. The number of hydrogen-bond donors (Lipinski definition) is 0. The maximum Gasteiger partial charge on any atom is 0.414 e. The Morgan fingerprint density at radius 3 is 2.81 bits per heavy atom. The van der Waals surface area contributed by atoms with Crippen molar-refractivity contribution >= 4 is 33.3 Å². The zero-order chi connectivity index (χ0) is 22.0. The summed E-state index contributed by atoms with van der Waals surface area (Å²) in [6.45, 7) is 9.72. The quantitative estimate of drug-likeness (QED) is 0.607. The Kier molecular flexibility index (Phi) is 4.94. The summed E-state index contributed by atoms with van der Waals surface area (Å²) in [5, 5.41) is 1.29. The van der Waals surface area contributed by atoms with E-state index in [9.17, 15) is 4.79 Å². The molecule has 0 N–H and O–H groups in total. The summed E-state index contributed by atoms with van der Waals surface area (Å²) in [4.78, 5) is 22.4. The van der Waals surface area contributed by atoms with Crippen molar-refractivity contribution in [3.8, 4) is 0 Å². The molecule has 3 unspecified atom stereocenters. The molecule has 1 amide bonds. The monoisotopic (exact) mass is 439 g/mol. The topological polar surface area (TPSA) is 45.7 Å². The van der Waals surface area contributed by atoms with Gasteiger partial charge in [-0.3, -0.25) is 4.90 Å². The Morgan fingerprint density at radius 2 is 2.13 bits per heavy atom. The smallest absolute Gasteiger partial charge is 0.414 e. The fourth-order valence-electron chi connectivity index (χ4n) is 5.47. The number of piperidine rings is 1. The summed E-state index contributed by atoms with van der Waals surface area (Å²) >= 11 is 1.85. The molecule has 2 aromatic rings. The van der Waals surface area contributed by atoms with Crippen LogP contribution in [-0.4, -0.2) is 52.7 Å². The van der Waals surface area contributed by atoms with Gasteiger partial charge < -0.3 is 9.64 Å². The van der Waals surface area contributed by atoms with Crippen molar-refractivity contribution in [2.24, 2.45) is 5.92 Å². The van der Waals surface area contributed by atoms with Crippen LogP contribution in [0.25, 0.3) is 15.9 Å². The van der Waals surface area contributed by atoms with Crippen molar-refractivity contribution < 1.29 is 9.53 Å². The molecule has 1 saturated carbocycles. The third-order valence-electron chi connectivity index (χ3n) is 7.01. The third kappa shape index (κ3) is 3.78. The third-order valence-corrected chi connectivity index (χ3v) is 8.29. The average Bonchev–Trinajstić information content (AvgIpc) is 3.38. The molecule has 166 valence electrons. The number of ether oxygens (including phenoxy) is 1. The van der Waals surface area contributed by atoms with Crippen LogP contribution in [0.4, 0.5) is 4.79 Å². The van der Waals surface area contributed by atoms with E-state index in [2.05, 4.69) is 43.1 Å². The molecule has 1 aromatic heterocycles. The Labute approximate surface area is 189 Å². The maximum absolute atomic E-state index is 12.9. The molecule has 5 rings (SSSR count). The summed E-state index contributed by atoms with van der Waals surface area (Å²) in [5.74, 6) is 0.416. The molecular formula is C25H33N3O2S. The second-order valence-corrected chi connectivity index (χ2v) is 11.8. The first-order chi connectivity index (χ1) is 14.6. The number of nitrogens with zero attached hydrogens (tertiary/aromatic N) is 3. The largest absolute Gasteiger partial charge is 0.443 e. The highest BCUT2D eigenvalue weighted by Crippen LogP contribution is 2.50. The number of likely N-dealkylation sites (tertiary alicyclic amines) is 1. The van der Waals surface area contributed by atoms with Gasteiger partial charge in [-0.2, -0.15) is 0 Å². The van der Waals surface area contributed by atoms with Gasteiger partial charge in [0.2, 0.25) is 0 Å². The van der Waals surface area contributed by atoms with E-state index >= 15 is 0 Å². The van der Waals surface area contributed by atoms with Gasteiger partial charge in [-0.05, 0) is 71.6 Å². The van der Waals surface area contributed by atoms with E-state index in [1.54, 1.807) is 4.90 Å². The van der Waals surface area contributed by atoms with Gasteiger partial charge in [-0.1, -0.05) is 19.1 Å². The minimum absolute atomic E-state index is 0.241. The summed E-state index contributed by atoms with van der Waals surface area (Å²) in [6.07, 6.45) is 6.66. The molecule has 1 aromatic carbocycles. The van der Waals surface area contributed by atoms with Crippen LogP contribution in [0.5, 0.6) is 0 Å². The van der Waals surface area contributed by atoms with Gasteiger partial charge in [0.15, 0.2) is 0 Å². The summed E-state index contributed by atoms with van der Waals surface area (Å²) in [6, 6.07) is 7.20. The molecule has 6 heteroatoms. The number of allylic oxidation sites excluding steroid dienone is 1. The van der Waals surface area contributed by atoms with Gasteiger partial charge in [-0.25, -0.2) is 9.78 Å². The maximum atomic E-state index is 12.9. The molecule has 1 aliphatic carbocycles. The SMILES string of the molecule is CC1CC=C(c2ccc3sc(C45CCC(C4)N(C)C5)nc3c2)N(C(=O)OC(C)(C)C)C1. The zero-order valence-electron chi connectivity index (χ0n) is 19.3. The van der Waals surface area contributed by atoms with E-state index in [1.165, 1.54) is 29.0 Å². The Hall–Kier alpha value is -1.92. The van der Waals surface area contributed by atoms with Crippen LogP contribution in [0.1, 0.15) is 63.9 Å². The average molecular weight is 440 g/mol. The van der Waals surface area contributed by atoms with Crippen LogP contribution < -0.4 is 0 Å². The Balaban J connectivity index is 1.47. The van der Waals surface area contributed by atoms with Crippen LogP contribution in [0.15, 0.2) is 24.3 Å². The van der Waals surface area contributed by atoms with Crippen LogP contribution in [0.3, 0.4) is 0 Å². The van der Waals surface area contributed by atoms with Crippen LogP contribution >= 0.6 is 11.3 Å². The molecule has 3 atom stereocenters. The van der Waals surface area contributed by atoms with E-state index in [0.717, 1.165) is 35.8 Å². The molecule has 31 heavy (non-hydrogen) atoms. The number of fused-ring (bicyclic) bond motifs is 3. The van der Waals surface area contributed by atoms with Crippen molar-refractivity contribution in [2.45, 2.75) is 70.4 Å². The van der Waals surface area contributed by atoms with E-state index in [1.807, 2.05) is 32.1 Å². The highest BCUT2D eigenvalue weighted by molar-refractivity contribution is 7.18. The van der Waals surface area contributed by atoms with Gasteiger partial charge in [0.05, 0.1) is 15.9 Å². The van der Waals surface area contributed by atoms with E-state index in [0.29, 0.717) is 12.5 Å². The molecular weight excluding hydrogens is 406 g/mol. The molecule has 2 aliphatic heterocycles. The highest BCUT2D eigenvalue weighted by Gasteiger charge is 2.50. The number of carbonyl (C=O) groups excluding carboxylic acids is 1. The lowest BCUT2D eigenvalue weighted by Gasteiger charge is -2.33. The molecule has 2 bridgehead atoms. The minimum atomic E-state index is -0.510. The number of amides is 1. The summed E-state index contributed by atoms with van der Waals surface area (Å²) in [7, 11) is 2.25. The van der Waals surface area contributed by atoms with Gasteiger partial charge in [0.1, 0.15) is 10.6 Å². The Bertz CT molecular complexity index is 1050. The minimum Gasteiger partial charge on any atom is -0.443 e. The van der Waals surface area contributed by atoms with Gasteiger partial charge in [0.25, 0.3) is 0 Å². The predicted octanol–water partition coefficient (Wildman–Crippen LogP) is 5.65. The molecule has 0 spiro atoms. The first kappa shape index (κ1) is 21.0. The zero-order valence-corrected chi connectivity index (χ0v) is 20.1. The summed E-state index contributed by atoms with van der Waals surface area (Å²) < 4.78 is 6.94. The number of rotatable bonds is 2. The van der Waals surface area contributed by atoms with Gasteiger partial charge in [-0.15, -0.1) is 11.3 Å². The second-order valence-electron chi connectivity index (χ2n) is 10.8. The van der Waals surface area contributed by atoms with Gasteiger partial charge in [0, 0.05) is 30.1 Å². The second kappa shape index (κ2) is 7.31.